The van der Waals surface area contributed by atoms with Gasteiger partial charge in [-0.3, -0.25) is 0 Å². The van der Waals surface area contributed by atoms with Crippen LogP contribution in [0.15, 0.2) is 17.0 Å². The minimum absolute atomic E-state index is 0.512. The first kappa shape index (κ1) is 12.0. The highest BCUT2D eigenvalue weighted by Gasteiger charge is 2.06. The highest BCUT2D eigenvalue weighted by molar-refractivity contribution is 7.99. The van der Waals surface area contributed by atoms with E-state index in [9.17, 15) is 0 Å². The first-order chi connectivity index (χ1) is 6.50. The van der Waals surface area contributed by atoms with Crippen molar-refractivity contribution in [2.45, 2.75) is 18.7 Å². The van der Waals surface area contributed by atoms with Crippen LogP contribution in [0.25, 0.3) is 0 Å². The quantitative estimate of drug-likeness (QED) is 0.638. The Hall–Kier alpha value is -0.0500. The van der Waals surface area contributed by atoms with Gasteiger partial charge in [0.25, 0.3) is 0 Å². The third kappa shape index (κ3) is 3.26. The number of thioether (sulfide) groups is 1. The van der Waals surface area contributed by atoms with Crippen LogP contribution in [0.5, 0.6) is 0 Å². The second kappa shape index (κ2) is 5.15. The Kier molecular flexibility index (Phi) is 4.42. The molecular weight excluding hydrogens is 237 g/mol. The second-order valence-corrected chi connectivity index (χ2v) is 5.39. The van der Waals surface area contributed by atoms with Crippen molar-refractivity contribution >= 4 is 40.7 Å². The molecule has 2 N–H and O–H groups in total. The predicted molar refractivity (Wildman–Crippen MR) is 66.4 cm³/mol. The molecule has 0 radical (unpaired) electrons. The van der Waals surface area contributed by atoms with Crippen LogP contribution in [0, 0.1) is 5.92 Å². The van der Waals surface area contributed by atoms with Crippen molar-refractivity contribution in [1.29, 1.82) is 0 Å². The van der Waals surface area contributed by atoms with Crippen LogP contribution in [-0.4, -0.2) is 5.75 Å². The van der Waals surface area contributed by atoms with Crippen LogP contribution in [0.3, 0.4) is 0 Å². The van der Waals surface area contributed by atoms with Crippen molar-refractivity contribution in [3.63, 3.8) is 0 Å². The molecule has 0 spiro atoms. The van der Waals surface area contributed by atoms with E-state index in [1.807, 2.05) is 6.07 Å². The fourth-order valence-corrected chi connectivity index (χ4v) is 2.27. The minimum atomic E-state index is 0.512. The van der Waals surface area contributed by atoms with E-state index in [4.69, 9.17) is 28.9 Å². The summed E-state index contributed by atoms with van der Waals surface area (Å²) in [5.41, 5.74) is 6.51. The Morgan fingerprint density at radius 2 is 1.86 bits per heavy atom. The minimum Gasteiger partial charge on any atom is -0.398 e. The van der Waals surface area contributed by atoms with Crippen molar-refractivity contribution in [1.82, 2.24) is 0 Å². The molecule has 0 saturated heterocycles. The SMILES string of the molecule is CC(C)CSc1cc(Cl)c(Cl)cc1N. The van der Waals surface area contributed by atoms with Gasteiger partial charge in [0.05, 0.1) is 10.0 Å². The topological polar surface area (TPSA) is 26.0 Å². The van der Waals surface area contributed by atoms with Gasteiger partial charge >= 0.3 is 0 Å². The summed E-state index contributed by atoms with van der Waals surface area (Å²) in [6.07, 6.45) is 0. The Labute approximate surface area is 99.0 Å². The maximum absolute atomic E-state index is 5.90. The standard InChI is InChI=1S/C10H13Cl2NS/c1-6(2)5-14-10-4-8(12)7(11)3-9(10)13/h3-4,6H,5,13H2,1-2H3. The van der Waals surface area contributed by atoms with E-state index in [-0.39, 0.29) is 0 Å². The van der Waals surface area contributed by atoms with Crippen molar-refractivity contribution in [3.05, 3.63) is 22.2 Å². The fraction of sp³-hybridized carbons (Fsp3) is 0.400. The Morgan fingerprint density at radius 1 is 1.29 bits per heavy atom. The van der Waals surface area contributed by atoms with Gasteiger partial charge in [-0.05, 0) is 18.1 Å². The number of nitrogen functional groups attached to an aromatic ring is 1. The molecule has 0 amide bonds. The van der Waals surface area contributed by atoms with Crippen LogP contribution < -0.4 is 5.73 Å². The van der Waals surface area contributed by atoms with E-state index in [1.54, 1.807) is 17.8 Å². The summed E-state index contributed by atoms with van der Waals surface area (Å²) in [4.78, 5) is 1.01. The average molecular weight is 250 g/mol. The van der Waals surface area contributed by atoms with Crippen molar-refractivity contribution in [3.8, 4) is 0 Å². The molecule has 1 aromatic carbocycles. The highest BCUT2D eigenvalue weighted by Crippen LogP contribution is 2.34. The van der Waals surface area contributed by atoms with Crippen LogP contribution >= 0.6 is 35.0 Å². The summed E-state index contributed by atoms with van der Waals surface area (Å²) in [7, 11) is 0. The third-order valence-corrected chi connectivity index (χ3v) is 3.84. The van der Waals surface area contributed by atoms with Crippen molar-refractivity contribution in [2.24, 2.45) is 5.92 Å². The maximum Gasteiger partial charge on any atom is 0.0613 e. The predicted octanol–water partition coefficient (Wildman–Crippen LogP) is 4.32. The molecule has 0 saturated carbocycles. The zero-order valence-electron chi connectivity index (χ0n) is 8.18. The molecule has 4 heteroatoms. The molecule has 1 nitrogen and oxygen atoms in total. The summed E-state index contributed by atoms with van der Waals surface area (Å²) in [5.74, 6) is 1.66. The van der Waals surface area contributed by atoms with Crippen LogP contribution in [0.2, 0.25) is 10.0 Å². The number of hydrogen-bond acceptors (Lipinski definition) is 2. The lowest BCUT2D eigenvalue weighted by Crippen LogP contribution is -1.94. The number of hydrogen-bond donors (Lipinski definition) is 1. The number of rotatable bonds is 3. The number of nitrogens with two attached hydrogens (primary N) is 1. The van der Waals surface area contributed by atoms with E-state index in [0.717, 1.165) is 10.6 Å². The smallest absolute Gasteiger partial charge is 0.0613 e. The second-order valence-electron chi connectivity index (χ2n) is 3.51. The number of halogens is 2. The van der Waals surface area contributed by atoms with Gasteiger partial charge in [0.1, 0.15) is 0 Å². The first-order valence-corrected chi connectivity index (χ1v) is 6.12. The molecule has 78 valence electrons. The normalized spacial score (nSPS) is 10.9. The molecule has 0 bridgehead atoms. The molecule has 0 fully saturated rings. The molecule has 0 atom stereocenters. The van der Waals surface area contributed by atoms with Gasteiger partial charge in [-0.25, -0.2) is 0 Å². The average Bonchev–Trinajstić information content (AvgIpc) is 2.09. The molecule has 14 heavy (non-hydrogen) atoms. The maximum atomic E-state index is 5.90. The largest absolute Gasteiger partial charge is 0.398 e. The molecule has 0 heterocycles. The summed E-state index contributed by atoms with van der Waals surface area (Å²) >= 11 is 13.4. The lowest BCUT2D eigenvalue weighted by Gasteiger charge is -2.08. The van der Waals surface area contributed by atoms with Crippen LogP contribution in [0.4, 0.5) is 5.69 Å². The van der Waals surface area contributed by atoms with Crippen molar-refractivity contribution in [2.75, 3.05) is 11.5 Å². The van der Waals surface area contributed by atoms with Gasteiger partial charge in [-0.2, -0.15) is 0 Å². The molecular formula is C10H13Cl2NS. The lowest BCUT2D eigenvalue weighted by molar-refractivity contribution is 0.750. The van der Waals surface area contributed by atoms with Gasteiger partial charge in [-0.1, -0.05) is 37.0 Å². The highest BCUT2D eigenvalue weighted by atomic mass is 35.5. The lowest BCUT2D eigenvalue weighted by atomic mass is 10.3. The molecule has 0 aromatic heterocycles. The summed E-state index contributed by atoms with van der Waals surface area (Å²) in [6, 6.07) is 3.53. The Morgan fingerprint density at radius 3 is 2.43 bits per heavy atom. The number of anilines is 1. The van der Waals surface area contributed by atoms with E-state index >= 15 is 0 Å². The van der Waals surface area contributed by atoms with E-state index in [0.29, 0.717) is 21.7 Å². The Bertz CT molecular complexity index is 326. The first-order valence-electron chi connectivity index (χ1n) is 4.38. The molecule has 0 unspecified atom stereocenters. The van der Waals surface area contributed by atoms with Crippen molar-refractivity contribution < 1.29 is 0 Å². The van der Waals surface area contributed by atoms with E-state index in [1.165, 1.54) is 0 Å². The zero-order valence-corrected chi connectivity index (χ0v) is 10.5. The zero-order chi connectivity index (χ0) is 10.7. The monoisotopic (exact) mass is 249 g/mol. The van der Waals surface area contributed by atoms with E-state index < -0.39 is 0 Å². The summed E-state index contributed by atoms with van der Waals surface area (Å²) < 4.78 is 0. The molecule has 1 rings (SSSR count). The molecule has 1 aromatic rings. The van der Waals surface area contributed by atoms with Crippen LogP contribution in [0.1, 0.15) is 13.8 Å². The molecule has 0 aliphatic carbocycles. The van der Waals surface area contributed by atoms with Gasteiger partial charge in [0, 0.05) is 16.3 Å². The third-order valence-electron chi connectivity index (χ3n) is 1.62. The summed E-state index contributed by atoms with van der Waals surface area (Å²) in [6.45, 7) is 4.33. The van der Waals surface area contributed by atoms with Gasteiger partial charge < -0.3 is 5.73 Å². The van der Waals surface area contributed by atoms with Gasteiger partial charge in [0.15, 0.2) is 0 Å². The Balaban J connectivity index is 2.82. The summed E-state index contributed by atoms with van der Waals surface area (Å²) in [5, 5.41) is 1.07. The van der Waals surface area contributed by atoms with Gasteiger partial charge in [0.2, 0.25) is 0 Å². The van der Waals surface area contributed by atoms with Gasteiger partial charge in [-0.15, -0.1) is 11.8 Å². The van der Waals surface area contributed by atoms with E-state index in [2.05, 4.69) is 13.8 Å². The van der Waals surface area contributed by atoms with Crippen LogP contribution in [-0.2, 0) is 0 Å². The number of benzene rings is 1. The molecule has 0 aliphatic heterocycles. The molecule has 0 aliphatic rings. The fourth-order valence-electron chi connectivity index (χ4n) is 0.925.